The van der Waals surface area contributed by atoms with Crippen LogP contribution in [0.15, 0.2) is 0 Å². The van der Waals surface area contributed by atoms with Gasteiger partial charge < -0.3 is 4.55 Å². The Hall–Kier alpha value is -0.400. The van der Waals surface area contributed by atoms with Gasteiger partial charge in [-0.1, -0.05) is 40.5 Å². The summed E-state index contributed by atoms with van der Waals surface area (Å²) in [4.78, 5) is 23.6. The first-order chi connectivity index (χ1) is 13.0. The summed E-state index contributed by atoms with van der Waals surface area (Å²) in [5, 5.41) is -1.30. The average Bonchev–Trinajstić information content (AvgIpc) is 2.86. The minimum atomic E-state index is -4.49. The SMILES string of the molecule is CC12CCC(C(S(=O)(=O)[O-])C1=O)C2(C)C.CCCCCC(=O)C[S+](C)C(C)(C)C. The standard InChI is InChI=1S/C12H25OS.C10H16O4S/c1-6-7-8-9-11(13)10-14(5)12(2,3)4;1-9(2)6-4-5-10(9,3)8(11)7(6)15(12,13)14/h6-10H2,1-5H3;6-7H,4-5H2,1-3H3,(H,12,13,14)/q+1;/p-1. The summed E-state index contributed by atoms with van der Waals surface area (Å²) in [5.41, 5.74) is -0.994. The molecule has 0 aliphatic heterocycles. The van der Waals surface area contributed by atoms with Crippen LogP contribution in [-0.2, 0) is 30.6 Å². The lowest BCUT2D eigenvalue weighted by atomic mass is 9.70. The number of carbonyl (C=O) groups is 2. The first-order valence-electron chi connectivity index (χ1n) is 10.6. The highest BCUT2D eigenvalue weighted by Gasteiger charge is 2.67. The first kappa shape index (κ1) is 26.6. The highest BCUT2D eigenvalue weighted by molar-refractivity contribution is 7.98. The van der Waals surface area contributed by atoms with Crippen molar-refractivity contribution in [1.82, 2.24) is 0 Å². The van der Waals surface area contributed by atoms with E-state index in [-0.39, 0.29) is 28.0 Å². The molecule has 0 spiro atoms. The molecule has 0 N–H and O–H groups in total. The maximum Gasteiger partial charge on any atom is 0.181 e. The normalized spacial score (nSPS) is 29.3. The molecule has 0 radical (unpaired) electrons. The van der Waals surface area contributed by atoms with E-state index in [0.717, 1.165) is 18.6 Å². The van der Waals surface area contributed by atoms with E-state index in [1.807, 2.05) is 13.8 Å². The average molecular weight is 449 g/mol. The number of ketones is 2. The molecule has 2 saturated carbocycles. The number of rotatable bonds is 7. The third-order valence-electron chi connectivity index (χ3n) is 7.27. The molecular formula is C22H40O5S2. The zero-order chi connectivity index (χ0) is 22.8. The number of carbonyl (C=O) groups excluding carboxylic acids is 2. The Bertz CT molecular complexity index is 705. The summed E-state index contributed by atoms with van der Waals surface area (Å²) < 4.78 is 33.6. The molecule has 0 aromatic heterocycles. The minimum Gasteiger partial charge on any atom is -0.747 e. The predicted molar refractivity (Wildman–Crippen MR) is 120 cm³/mol. The van der Waals surface area contributed by atoms with Crippen LogP contribution >= 0.6 is 0 Å². The maximum atomic E-state index is 12.0. The molecule has 5 nitrogen and oxygen atoms in total. The van der Waals surface area contributed by atoms with Crippen molar-refractivity contribution in [3.63, 3.8) is 0 Å². The molecule has 0 aromatic rings. The van der Waals surface area contributed by atoms with Crippen LogP contribution in [0.3, 0.4) is 0 Å². The molecule has 0 heterocycles. The second-order valence-corrected chi connectivity index (χ2v) is 14.6. The Morgan fingerprint density at radius 2 is 1.76 bits per heavy atom. The van der Waals surface area contributed by atoms with Gasteiger partial charge in [0, 0.05) is 11.8 Å². The molecule has 7 heteroatoms. The predicted octanol–water partition coefficient (Wildman–Crippen LogP) is 4.11. The summed E-state index contributed by atoms with van der Waals surface area (Å²) >= 11 is 0. The van der Waals surface area contributed by atoms with E-state index >= 15 is 0 Å². The van der Waals surface area contributed by atoms with Gasteiger partial charge in [0.05, 0.1) is 6.26 Å². The first-order valence-corrected chi connectivity index (χ1v) is 13.9. The number of unbranched alkanes of at least 4 members (excludes halogenated alkanes) is 2. The van der Waals surface area contributed by atoms with Crippen molar-refractivity contribution in [3.05, 3.63) is 0 Å². The largest absolute Gasteiger partial charge is 0.747 e. The lowest BCUT2D eigenvalue weighted by Crippen LogP contribution is -2.38. The van der Waals surface area contributed by atoms with Crippen LogP contribution in [-0.4, -0.2) is 46.5 Å². The molecule has 29 heavy (non-hydrogen) atoms. The van der Waals surface area contributed by atoms with Gasteiger partial charge in [-0.05, 0) is 62.3 Å². The van der Waals surface area contributed by atoms with Crippen molar-refractivity contribution in [1.29, 1.82) is 0 Å². The quantitative estimate of drug-likeness (QED) is 0.332. The fourth-order valence-electron chi connectivity index (χ4n) is 4.44. The van der Waals surface area contributed by atoms with Crippen molar-refractivity contribution in [2.45, 2.75) is 97.0 Å². The van der Waals surface area contributed by atoms with Crippen LogP contribution in [0, 0.1) is 16.7 Å². The molecule has 2 fully saturated rings. The highest BCUT2D eigenvalue weighted by atomic mass is 32.2. The van der Waals surface area contributed by atoms with Crippen molar-refractivity contribution in [2.75, 3.05) is 12.0 Å². The molecule has 0 saturated heterocycles. The van der Waals surface area contributed by atoms with E-state index in [0.29, 0.717) is 23.4 Å². The van der Waals surface area contributed by atoms with E-state index in [2.05, 4.69) is 34.0 Å². The van der Waals surface area contributed by atoms with Gasteiger partial charge in [-0.2, -0.15) is 0 Å². The fraction of sp³-hybridized carbons (Fsp3) is 0.909. The zero-order valence-electron chi connectivity index (χ0n) is 19.5. The lowest BCUT2D eigenvalue weighted by molar-refractivity contribution is -0.128. The van der Waals surface area contributed by atoms with E-state index in [9.17, 15) is 22.6 Å². The minimum absolute atomic E-state index is 0.228. The smallest absolute Gasteiger partial charge is 0.181 e. The fourth-order valence-corrected chi connectivity index (χ4v) is 6.90. The van der Waals surface area contributed by atoms with Crippen LogP contribution in [0.2, 0.25) is 0 Å². The summed E-state index contributed by atoms with van der Waals surface area (Å²) in [6, 6.07) is 0. The Morgan fingerprint density at radius 1 is 1.21 bits per heavy atom. The van der Waals surface area contributed by atoms with Gasteiger partial charge in [-0.3, -0.25) is 9.59 Å². The van der Waals surface area contributed by atoms with Gasteiger partial charge in [-0.15, -0.1) is 0 Å². The van der Waals surface area contributed by atoms with Gasteiger partial charge >= 0.3 is 0 Å². The van der Waals surface area contributed by atoms with Crippen LogP contribution in [0.5, 0.6) is 0 Å². The van der Waals surface area contributed by atoms with E-state index in [1.54, 1.807) is 6.92 Å². The monoisotopic (exact) mass is 448 g/mol. The molecule has 2 bridgehead atoms. The second-order valence-electron chi connectivity index (χ2n) is 10.4. The molecule has 2 aliphatic carbocycles. The van der Waals surface area contributed by atoms with Crippen LogP contribution < -0.4 is 0 Å². The number of Topliss-reactive ketones (excluding diaryl/α,β-unsaturated/α-hetero) is 2. The van der Waals surface area contributed by atoms with Gasteiger partial charge in [0.15, 0.2) is 17.3 Å². The summed E-state index contributed by atoms with van der Waals surface area (Å²) in [6.45, 7) is 14.4. The number of hydrogen-bond acceptors (Lipinski definition) is 5. The lowest BCUT2D eigenvalue weighted by Gasteiger charge is -2.32. The maximum absolute atomic E-state index is 12.0. The van der Waals surface area contributed by atoms with Gasteiger partial charge in [0.25, 0.3) is 0 Å². The summed E-state index contributed by atoms with van der Waals surface area (Å²) in [6.07, 6.45) is 7.84. The van der Waals surface area contributed by atoms with Crippen LogP contribution in [0.1, 0.15) is 87.0 Å². The van der Waals surface area contributed by atoms with Crippen LogP contribution in [0.25, 0.3) is 0 Å². The molecular weight excluding hydrogens is 408 g/mol. The van der Waals surface area contributed by atoms with Crippen molar-refractivity contribution < 1.29 is 22.6 Å². The highest BCUT2D eigenvalue weighted by Crippen LogP contribution is 2.64. The molecule has 170 valence electrons. The van der Waals surface area contributed by atoms with Crippen molar-refractivity contribution >= 4 is 32.6 Å². The topological polar surface area (TPSA) is 91.3 Å². The molecule has 2 aliphatic rings. The van der Waals surface area contributed by atoms with E-state index in [4.69, 9.17) is 0 Å². The number of hydrogen-bond donors (Lipinski definition) is 0. The molecule has 2 rings (SSSR count). The van der Waals surface area contributed by atoms with Crippen LogP contribution in [0.4, 0.5) is 0 Å². The molecule has 4 atom stereocenters. The zero-order valence-corrected chi connectivity index (χ0v) is 21.1. The third kappa shape index (κ3) is 5.85. The molecule has 4 unspecified atom stereocenters. The van der Waals surface area contributed by atoms with E-state index < -0.39 is 20.8 Å². The van der Waals surface area contributed by atoms with Gasteiger partial charge in [0.1, 0.15) is 20.1 Å². The Labute approximate surface area is 180 Å². The molecule has 0 amide bonds. The molecule has 0 aromatic carbocycles. The summed E-state index contributed by atoms with van der Waals surface area (Å²) in [7, 11) is -4.26. The third-order valence-corrected chi connectivity index (χ3v) is 11.3. The van der Waals surface area contributed by atoms with Crippen molar-refractivity contribution in [2.24, 2.45) is 16.7 Å². The Morgan fingerprint density at radius 3 is 2.10 bits per heavy atom. The Kier molecular flexibility index (Phi) is 8.63. The second kappa shape index (κ2) is 9.39. The van der Waals surface area contributed by atoms with Crippen molar-refractivity contribution in [3.8, 4) is 0 Å². The Balaban J connectivity index is 0.000000291. The number of fused-ring (bicyclic) bond motifs is 2. The van der Waals surface area contributed by atoms with Gasteiger partial charge in [0.2, 0.25) is 0 Å². The van der Waals surface area contributed by atoms with E-state index in [1.165, 1.54) is 12.8 Å². The van der Waals surface area contributed by atoms with Gasteiger partial charge in [-0.25, -0.2) is 8.42 Å². The summed E-state index contributed by atoms with van der Waals surface area (Å²) in [5.74, 6) is 0.586.